The van der Waals surface area contributed by atoms with Crippen LogP contribution in [0.2, 0.25) is 5.02 Å². The molecular formula is C24H21ClN4O3. The summed E-state index contributed by atoms with van der Waals surface area (Å²) in [4.78, 5) is 32.0. The van der Waals surface area contributed by atoms with Gasteiger partial charge in [-0.2, -0.15) is 5.10 Å². The molecule has 1 aliphatic heterocycles. The third kappa shape index (κ3) is 3.91. The van der Waals surface area contributed by atoms with E-state index in [1.807, 2.05) is 36.4 Å². The summed E-state index contributed by atoms with van der Waals surface area (Å²) >= 11 is 6.25. The lowest BCUT2D eigenvalue weighted by Gasteiger charge is -2.22. The zero-order valence-electron chi connectivity index (χ0n) is 17.3. The van der Waals surface area contributed by atoms with Crippen LogP contribution >= 0.6 is 11.6 Å². The summed E-state index contributed by atoms with van der Waals surface area (Å²) in [5.41, 5.74) is 0.684. The number of aromatic nitrogens is 3. The van der Waals surface area contributed by atoms with Gasteiger partial charge in [0.25, 0.3) is 5.56 Å². The first-order valence-corrected chi connectivity index (χ1v) is 10.9. The van der Waals surface area contributed by atoms with Crippen molar-refractivity contribution in [3.63, 3.8) is 0 Å². The van der Waals surface area contributed by atoms with Gasteiger partial charge in [-0.05, 0) is 30.5 Å². The minimum absolute atomic E-state index is 0.118. The van der Waals surface area contributed by atoms with Crippen LogP contribution in [0.25, 0.3) is 10.8 Å². The van der Waals surface area contributed by atoms with Gasteiger partial charge >= 0.3 is 0 Å². The molecule has 0 aliphatic carbocycles. The van der Waals surface area contributed by atoms with E-state index in [0.29, 0.717) is 35.0 Å². The molecule has 1 saturated heterocycles. The molecule has 32 heavy (non-hydrogen) atoms. The smallest absolute Gasteiger partial charge is 0.275 e. The van der Waals surface area contributed by atoms with Crippen LogP contribution in [-0.2, 0) is 17.8 Å². The highest BCUT2D eigenvalue weighted by Crippen LogP contribution is 2.32. The SMILES string of the molecule is O=C(Cn1ncc2ccccc2c1=O)N1CCC[C@H]1c1ncc(Cc2ccccc2Cl)o1. The van der Waals surface area contributed by atoms with E-state index in [1.54, 1.807) is 29.4 Å². The molecule has 0 unspecified atom stereocenters. The first-order chi connectivity index (χ1) is 15.6. The van der Waals surface area contributed by atoms with Crippen molar-refractivity contribution >= 4 is 28.3 Å². The molecule has 2 aromatic heterocycles. The predicted molar refractivity (Wildman–Crippen MR) is 120 cm³/mol. The fraction of sp³-hybridized carbons (Fsp3) is 0.250. The van der Waals surface area contributed by atoms with Crippen LogP contribution in [0.1, 0.15) is 36.1 Å². The largest absolute Gasteiger partial charge is 0.443 e. The lowest BCUT2D eigenvalue weighted by Crippen LogP contribution is -2.37. The Kier molecular flexibility index (Phi) is 5.49. The Bertz CT molecular complexity index is 1350. The van der Waals surface area contributed by atoms with E-state index in [2.05, 4.69) is 10.1 Å². The van der Waals surface area contributed by atoms with Gasteiger partial charge in [0, 0.05) is 23.4 Å². The number of likely N-dealkylation sites (tertiary alicyclic amines) is 1. The quantitative estimate of drug-likeness (QED) is 0.461. The highest BCUT2D eigenvalue weighted by Gasteiger charge is 2.33. The van der Waals surface area contributed by atoms with Gasteiger partial charge in [-0.15, -0.1) is 0 Å². The number of rotatable bonds is 5. The van der Waals surface area contributed by atoms with Crippen LogP contribution in [0.5, 0.6) is 0 Å². The molecular weight excluding hydrogens is 428 g/mol. The Balaban J connectivity index is 1.33. The van der Waals surface area contributed by atoms with Crippen molar-refractivity contribution in [3.8, 4) is 0 Å². The molecule has 0 spiro atoms. The van der Waals surface area contributed by atoms with Crippen LogP contribution in [0.4, 0.5) is 0 Å². The van der Waals surface area contributed by atoms with Gasteiger partial charge in [0.05, 0.1) is 17.8 Å². The molecule has 1 aliphatic rings. The van der Waals surface area contributed by atoms with E-state index < -0.39 is 0 Å². The van der Waals surface area contributed by atoms with Crippen molar-refractivity contribution in [1.29, 1.82) is 0 Å². The summed E-state index contributed by atoms with van der Waals surface area (Å²) in [7, 11) is 0. The standard InChI is InChI=1S/C24H21ClN4O3/c25-20-9-4-2-6-16(20)12-18-14-26-23(32-18)21-10-5-11-28(21)22(30)15-29-24(31)19-8-3-1-7-17(19)13-27-29/h1-4,6-9,13-14,21H,5,10-12,15H2/t21-/m0/s1. The topological polar surface area (TPSA) is 81.2 Å². The van der Waals surface area contributed by atoms with Crippen molar-refractivity contribution in [3.05, 3.63) is 93.5 Å². The van der Waals surface area contributed by atoms with Gasteiger partial charge < -0.3 is 9.32 Å². The maximum absolute atomic E-state index is 13.1. The van der Waals surface area contributed by atoms with E-state index >= 15 is 0 Å². The molecule has 0 radical (unpaired) electrons. The average Bonchev–Trinajstić information content (AvgIpc) is 3.47. The Morgan fingerprint density at radius 3 is 2.81 bits per heavy atom. The van der Waals surface area contributed by atoms with Crippen LogP contribution < -0.4 is 5.56 Å². The van der Waals surface area contributed by atoms with E-state index in [9.17, 15) is 9.59 Å². The second-order valence-corrected chi connectivity index (χ2v) is 8.28. The Morgan fingerprint density at radius 1 is 1.12 bits per heavy atom. The van der Waals surface area contributed by atoms with Gasteiger partial charge in [-0.3, -0.25) is 9.59 Å². The summed E-state index contributed by atoms with van der Waals surface area (Å²) < 4.78 is 7.21. The van der Waals surface area contributed by atoms with Crippen LogP contribution in [0, 0.1) is 0 Å². The lowest BCUT2D eigenvalue weighted by molar-refractivity contribution is -0.133. The zero-order chi connectivity index (χ0) is 22.1. The van der Waals surface area contributed by atoms with Gasteiger partial charge in [0.15, 0.2) is 0 Å². The molecule has 8 heteroatoms. The monoisotopic (exact) mass is 448 g/mol. The average molecular weight is 449 g/mol. The molecule has 0 N–H and O–H groups in total. The number of halogens is 1. The third-order valence-electron chi connectivity index (χ3n) is 5.80. The maximum atomic E-state index is 13.1. The summed E-state index contributed by atoms with van der Waals surface area (Å²) in [6, 6.07) is 14.6. The zero-order valence-corrected chi connectivity index (χ0v) is 18.0. The maximum Gasteiger partial charge on any atom is 0.275 e. The number of fused-ring (bicyclic) bond motifs is 1. The Morgan fingerprint density at radius 2 is 1.94 bits per heavy atom. The van der Waals surface area contributed by atoms with Crippen molar-refractivity contribution in [2.45, 2.75) is 31.8 Å². The molecule has 3 heterocycles. The van der Waals surface area contributed by atoms with Crippen molar-refractivity contribution in [2.75, 3.05) is 6.54 Å². The first-order valence-electron chi connectivity index (χ1n) is 10.5. The van der Waals surface area contributed by atoms with Crippen LogP contribution in [0.15, 0.2) is 70.1 Å². The highest BCUT2D eigenvalue weighted by atomic mass is 35.5. The minimum atomic E-state index is -0.273. The predicted octanol–water partition coefficient (Wildman–Crippen LogP) is 3.99. The van der Waals surface area contributed by atoms with E-state index in [4.69, 9.17) is 16.0 Å². The number of benzene rings is 2. The summed E-state index contributed by atoms with van der Waals surface area (Å²) in [5.74, 6) is 1.03. The van der Waals surface area contributed by atoms with Crippen LogP contribution in [0.3, 0.4) is 0 Å². The number of carbonyl (C=O) groups is 1. The van der Waals surface area contributed by atoms with Crippen molar-refractivity contribution < 1.29 is 9.21 Å². The van der Waals surface area contributed by atoms with Crippen LogP contribution in [-0.4, -0.2) is 32.1 Å². The number of nitrogens with zero attached hydrogens (tertiary/aromatic N) is 4. The summed E-state index contributed by atoms with van der Waals surface area (Å²) in [5, 5.41) is 6.16. The van der Waals surface area contributed by atoms with Gasteiger partial charge in [-0.25, -0.2) is 9.67 Å². The van der Waals surface area contributed by atoms with Gasteiger partial charge in [0.2, 0.25) is 11.8 Å². The Labute approximate surface area is 189 Å². The van der Waals surface area contributed by atoms with E-state index in [-0.39, 0.29) is 24.1 Å². The summed E-state index contributed by atoms with van der Waals surface area (Å²) in [6.07, 6.45) is 5.44. The molecule has 5 rings (SSSR count). The first kappa shape index (κ1) is 20.5. The Hall–Kier alpha value is -3.45. The fourth-order valence-corrected chi connectivity index (χ4v) is 4.37. The van der Waals surface area contributed by atoms with Crippen molar-refractivity contribution in [2.24, 2.45) is 0 Å². The number of carbonyl (C=O) groups excluding carboxylic acids is 1. The third-order valence-corrected chi connectivity index (χ3v) is 6.17. The molecule has 0 bridgehead atoms. The lowest BCUT2D eigenvalue weighted by atomic mass is 10.1. The number of oxazole rings is 1. The summed E-state index contributed by atoms with van der Waals surface area (Å²) in [6.45, 7) is 0.474. The normalized spacial score (nSPS) is 16.0. The molecule has 1 atom stereocenters. The molecule has 7 nitrogen and oxygen atoms in total. The minimum Gasteiger partial charge on any atom is -0.443 e. The van der Waals surface area contributed by atoms with Gasteiger partial charge in [0.1, 0.15) is 18.3 Å². The second kappa shape index (κ2) is 8.59. The van der Waals surface area contributed by atoms with E-state index in [1.165, 1.54) is 4.68 Å². The number of amides is 1. The fourth-order valence-electron chi connectivity index (χ4n) is 4.17. The molecule has 1 amide bonds. The van der Waals surface area contributed by atoms with E-state index in [0.717, 1.165) is 23.8 Å². The van der Waals surface area contributed by atoms with Crippen molar-refractivity contribution in [1.82, 2.24) is 19.7 Å². The highest BCUT2D eigenvalue weighted by molar-refractivity contribution is 6.31. The molecule has 2 aromatic carbocycles. The molecule has 0 saturated carbocycles. The molecule has 162 valence electrons. The van der Waals surface area contributed by atoms with Gasteiger partial charge in [-0.1, -0.05) is 48.0 Å². The molecule has 1 fully saturated rings. The number of hydrogen-bond donors (Lipinski definition) is 0. The number of hydrogen-bond acceptors (Lipinski definition) is 5. The second-order valence-electron chi connectivity index (χ2n) is 7.87. The molecule has 4 aromatic rings.